The van der Waals surface area contributed by atoms with Crippen molar-refractivity contribution in [3.63, 3.8) is 0 Å². The van der Waals surface area contributed by atoms with Crippen LogP contribution in [0.25, 0.3) is 0 Å². The van der Waals surface area contributed by atoms with Crippen molar-refractivity contribution < 1.29 is 0 Å². The zero-order valence-corrected chi connectivity index (χ0v) is 13.2. The van der Waals surface area contributed by atoms with Gasteiger partial charge in [-0.05, 0) is 39.0 Å². The molecule has 0 amide bonds. The van der Waals surface area contributed by atoms with Crippen LogP contribution >= 0.6 is 0 Å². The Hall–Kier alpha value is -1.32. The maximum Gasteiger partial charge on any atom is 0.227 e. The number of aromatic nitrogens is 2. The third-order valence-electron chi connectivity index (χ3n) is 3.78. The molecule has 1 aliphatic heterocycles. The van der Waals surface area contributed by atoms with Gasteiger partial charge in [-0.2, -0.15) is 4.98 Å². The summed E-state index contributed by atoms with van der Waals surface area (Å²) in [5.74, 6) is 2.03. The smallest absolute Gasteiger partial charge is 0.227 e. The fourth-order valence-electron chi connectivity index (χ4n) is 2.81. The molecule has 0 atom stereocenters. The highest BCUT2D eigenvalue weighted by Gasteiger charge is 2.16. The molecule has 1 saturated heterocycles. The van der Waals surface area contributed by atoms with E-state index in [-0.39, 0.29) is 0 Å². The number of rotatable bonds is 6. The first-order valence-electron chi connectivity index (χ1n) is 8.10. The van der Waals surface area contributed by atoms with E-state index in [1.165, 1.54) is 19.3 Å². The summed E-state index contributed by atoms with van der Waals surface area (Å²) in [7, 11) is 0. The average molecular weight is 276 g/mol. The Balaban J connectivity index is 2.21. The second-order valence-electron chi connectivity index (χ2n) is 5.70. The predicted octanol–water partition coefficient (Wildman–Crippen LogP) is 3.40. The zero-order valence-electron chi connectivity index (χ0n) is 13.2. The maximum absolute atomic E-state index is 4.84. The Labute approximate surface area is 123 Å². The van der Waals surface area contributed by atoms with Crippen molar-refractivity contribution in [1.29, 1.82) is 0 Å². The van der Waals surface area contributed by atoms with Crippen molar-refractivity contribution in [2.45, 2.75) is 52.9 Å². The van der Waals surface area contributed by atoms with E-state index in [1.807, 2.05) is 0 Å². The molecule has 0 unspecified atom stereocenters. The SMILES string of the molecule is CCCN(CCC)c1cc(C)nc(N2CCCCC2)n1. The van der Waals surface area contributed by atoms with E-state index in [0.717, 1.165) is 56.5 Å². The van der Waals surface area contributed by atoms with Gasteiger partial charge in [0.1, 0.15) is 5.82 Å². The third kappa shape index (κ3) is 3.84. The Morgan fingerprint density at radius 3 is 2.30 bits per heavy atom. The van der Waals surface area contributed by atoms with E-state index < -0.39 is 0 Å². The highest BCUT2D eigenvalue weighted by atomic mass is 15.3. The minimum absolute atomic E-state index is 0.928. The summed E-state index contributed by atoms with van der Waals surface area (Å²) in [5, 5.41) is 0. The Bertz CT molecular complexity index is 407. The standard InChI is InChI=1S/C16H28N4/c1-4-9-19(10-5-2)15-13-14(3)17-16(18-15)20-11-7-6-8-12-20/h13H,4-12H2,1-3H3. The van der Waals surface area contributed by atoms with Gasteiger partial charge in [0.25, 0.3) is 0 Å². The number of hydrogen-bond acceptors (Lipinski definition) is 4. The molecular weight excluding hydrogens is 248 g/mol. The summed E-state index contributed by atoms with van der Waals surface area (Å²) in [5.41, 5.74) is 1.08. The molecule has 0 spiro atoms. The molecular formula is C16H28N4. The molecule has 0 N–H and O–H groups in total. The van der Waals surface area contributed by atoms with E-state index in [4.69, 9.17) is 4.98 Å². The van der Waals surface area contributed by atoms with Gasteiger partial charge in [0.15, 0.2) is 0 Å². The molecule has 4 nitrogen and oxygen atoms in total. The van der Waals surface area contributed by atoms with Crippen molar-refractivity contribution in [2.24, 2.45) is 0 Å². The van der Waals surface area contributed by atoms with Crippen molar-refractivity contribution >= 4 is 11.8 Å². The van der Waals surface area contributed by atoms with Crippen LogP contribution in [-0.4, -0.2) is 36.1 Å². The van der Waals surface area contributed by atoms with Gasteiger partial charge in [-0.1, -0.05) is 13.8 Å². The summed E-state index contributed by atoms with van der Waals surface area (Å²) in [4.78, 5) is 14.2. The van der Waals surface area contributed by atoms with Gasteiger partial charge < -0.3 is 9.80 Å². The first-order chi connectivity index (χ1) is 9.74. The minimum atomic E-state index is 0.928. The Morgan fingerprint density at radius 1 is 1.05 bits per heavy atom. The van der Waals surface area contributed by atoms with Gasteiger partial charge in [0, 0.05) is 37.9 Å². The topological polar surface area (TPSA) is 32.3 Å². The summed E-state index contributed by atoms with van der Waals surface area (Å²) in [6, 6.07) is 2.12. The zero-order chi connectivity index (χ0) is 14.4. The van der Waals surface area contributed by atoms with Crippen LogP contribution in [0.2, 0.25) is 0 Å². The van der Waals surface area contributed by atoms with Gasteiger partial charge in [-0.25, -0.2) is 4.98 Å². The minimum Gasteiger partial charge on any atom is -0.356 e. The largest absolute Gasteiger partial charge is 0.356 e. The first-order valence-corrected chi connectivity index (χ1v) is 8.10. The van der Waals surface area contributed by atoms with Crippen molar-refractivity contribution in [1.82, 2.24) is 9.97 Å². The third-order valence-corrected chi connectivity index (χ3v) is 3.78. The van der Waals surface area contributed by atoms with Crippen molar-refractivity contribution in [2.75, 3.05) is 36.0 Å². The predicted molar refractivity (Wildman–Crippen MR) is 85.6 cm³/mol. The lowest BCUT2D eigenvalue weighted by Gasteiger charge is -2.29. The fourth-order valence-corrected chi connectivity index (χ4v) is 2.81. The summed E-state index contributed by atoms with van der Waals surface area (Å²) in [6.07, 6.45) is 6.18. The van der Waals surface area contributed by atoms with Crippen LogP contribution in [0.15, 0.2) is 6.07 Å². The average Bonchev–Trinajstić information content (AvgIpc) is 2.47. The van der Waals surface area contributed by atoms with Gasteiger partial charge in [-0.15, -0.1) is 0 Å². The Kier molecular flexibility index (Phi) is 5.62. The molecule has 112 valence electrons. The number of nitrogens with zero attached hydrogens (tertiary/aromatic N) is 4. The van der Waals surface area contributed by atoms with Crippen LogP contribution in [0, 0.1) is 6.92 Å². The van der Waals surface area contributed by atoms with E-state index in [9.17, 15) is 0 Å². The molecule has 2 heterocycles. The molecule has 1 aromatic heterocycles. The molecule has 0 aromatic carbocycles. The lowest BCUT2D eigenvalue weighted by molar-refractivity contribution is 0.567. The van der Waals surface area contributed by atoms with Crippen LogP contribution < -0.4 is 9.80 Å². The van der Waals surface area contributed by atoms with Gasteiger partial charge in [0.05, 0.1) is 0 Å². The highest BCUT2D eigenvalue weighted by molar-refractivity contribution is 5.46. The Morgan fingerprint density at radius 2 is 1.70 bits per heavy atom. The van der Waals surface area contributed by atoms with E-state index >= 15 is 0 Å². The van der Waals surface area contributed by atoms with Gasteiger partial charge in [-0.3, -0.25) is 0 Å². The summed E-state index contributed by atoms with van der Waals surface area (Å²) >= 11 is 0. The van der Waals surface area contributed by atoms with Gasteiger partial charge >= 0.3 is 0 Å². The molecule has 1 aliphatic rings. The molecule has 0 saturated carbocycles. The van der Waals surface area contributed by atoms with Crippen molar-refractivity contribution in [3.05, 3.63) is 11.8 Å². The molecule has 0 aliphatic carbocycles. The molecule has 0 radical (unpaired) electrons. The first kappa shape index (κ1) is 15.1. The number of anilines is 2. The number of hydrogen-bond donors (Lipinski definition) is 0. The molecule has 2 rings (SSSR count). The summed E-state index contributed by atoms with van der Waals surface area (Å²) in [6.45, 7) is 10.9. The van der Waals surface area contributed by atoms with Crippen LogP contribution in [-0.2, 0) is 0 Å². The lowest BCUT2D eigenvalue weighted by Crippen LogP contribution is -2.32. The fraction of sp³-hybridized carbons (Fsp3) is 0.750. The number of piperidine rings is 1. The molecule has 1 fully saturated rings. The monoisotopic (exact) mass is 276 g/mol. The number of aryl methyl sites for hydroxylation is 1. The highest BCUT2D eigenvalue weighted by Crippen LogP contribution is 2.21. The molecule has 4 heteroatoms. The maximum atomic E-state index is 4.84. The lowest BCUT2D eigenvalue weighted by atomic mass is 10.1. The van der Waals surface area contributed by atoms with Crippen LogP contribution in [0.3, 0.4) is 0 Å². The van der Waals surface area contributed by atoms with E-state index in [2.05, 4.69) is 41.6 Å². The second kappa shape index (κ2) is 7.46. The second-order valence-corrected chi connectivity index (χ2v) is 5.70. The summed E-state index contributed by atoms with van der Waals surface area (Å²) < 4.78 is 0. The van der Waals surface area contributed by atoms with Crippen molar-refractivity contribution in [3.8, 4) is 0 Å². The molecule has 1 aromatic rings. The van der Waals surface area contributed by atoms with Gasteiger partial charge in [0.2, 0.25) is 5.95 Å². The van der Waals surface area contributed by atoms with Crippen LogP contribution in [0.1, 0.15) is 51.6 Å². The van der Waals surface area contributed by atoms with E-state index in [0.29, 0.717) is 0 Å². The van der Waals surface area contributed by atoms with E-state index in [1.54, 1.807) is 0 Å². The van der Waals surface area contributed by atoms with Crippen LogP contribution in [0.5, 0.6) is 0 Å². The molecule has 0 bridgehead atoms. The quantitative estimate of drug-likeness (QED) is 0.797. The van der Waals surface area contributed by atoms with Crippen LogP contribution in [0.4, 0.5) is 11.8 Å². The normalized spacial score (nSPS) is 15.4. The molecule has 20 heavy (non-hydrogen) atoms.